The van der Waals surface area contributed by atoms with Gasteiger partial charge in [0.2, 0.25) is 15.9 Å². The zero-order chi connectivity index (χ0) is 25.9. The Morgan fingerprint density at radius 3 is 1.75 bits per heavy atom. The fourth-order valence-electron chi connectivity index (χ4n) is 4.01. The third-order valence-electron chi connectivity index (χ3n) is 6.18. The van der Waals surface area contributed by atoms with Crippen LogP contribution in [0.4, 0.5) is 5.69 Å². The summed E-state index contributed by atoms with van der Waals surface area (Å²) < 4.78 is 55.4. The summed E-state index contributed by atoms with van der Waals surface area (Å²) in [6.07, 6.45) is 0. The zero-order valence-corrected chi connectivity index (χ0v) is 21.9. The van der Waals surface area contributed by atoms with E-state index in [0.29, 0.717) is 5.69 Å². The second-order valence-electron chi connectivity index (χ2n) is 8.76. The van der Waals surface area contributed by atoms with Crippen LogP contribution < -0.4 is 4.31 Å². The topological polar surface area (TPSA) is 95.1 Å². The van der Waals surface area contributed by atoms with Crippen molar-refractivity contribution in [1.29, 1.82) is 0 Å². The van der Waals surface area contributed by atoms with E-state index in [9.17, 15) is 21.6 Å². The van der Waals surface area contributed by atoms with Crippen LogP contribution >= 0.6 is 0 Å². The maximum absolute atomic E-state index is 13.5. The van der Waals surface area contributed by atoms with E-state index in [4.69, 9.17) is 0 Å². The van der Waals surface area contributed by atoms with Gasteiger partial charge in [-0.05, 0) is 50.2 Å². The van der Waals surface area contributed by atoms with Crippen molar-refractivity contribution in [2.24, 2.45) is 0 Å². The van der Waals surface area contributed by atoms with Crippen molar-refractivity contribution >= 4 is 31.6 Å². The molecule has 1 fully saturated rings. The molecule has 1 heterocycles. The number of aryl methyl sites for hydroxylation is 2. The first-order chi connectivity index (χ1) is 17.1. The first kappa shape index (κ1) is 25.9. The minimum atomic E-state index is -4.00. The minimum Gasteiger partial charge on any atom is -0.338 e. The van der Waals surface area contributed by atoms with Gasteiger partial charge in [-0.2, -0.15) is 4.31 Å². The van der Waals surface area contributed by atoms with E-state index in [1.807, 2.05) is 13.8 Å². The zero-order valence-electron chi connectivity index (χ0n) is 20.2. The summed E-state index contributed by atoms with van der Waals surface area (Å²) in [4.78, 5) is 15.1. The normalized spacial score (nSPS) is 15.0. The number of amides is 1. The monoisotopic (exact) mass is 527 g/mol. The van der Waals surface area contributed by atoms with Crippen LogP contribution in [0.2, 0.25) is 0 Å². The lowest BCUT2D eigenvalue weighted by molar-refractivity contribution is -0.130. The molecule has 10 heteroatoms. The number of sulfonamides is 2. The van der Waals surface area contributed by atoms with Crippen LogP contribution in [-0.4, -0.2) is 64.7 Å². The van der Waals surface area contributed by atoms with E-state index in [0.717, 1.165) is 15.4 Å². The quantitative estimate of drug-likeness (QED) is 0.471. The second kappa shape index (κ2) is 10.4. The van der Waals surface area contributed by atoms with Gasteiger partial charge in [0.15, 0.2) is 0 Å². The lowest BCUT2D eigenvalue weighted by atomic mass is 10.2. The highest BCUT2D eigenvalue weighted by Gasteiger charge is 2.33. The predicted octanol–water partition coefficient (Wildman–Crippen LogP) is 3.03. The van der Waals surface area contributed by atoms with Crippen LogP contribution in [0.3, 0.4) is 0 Å². The highest BCUT2D eigenvalue weighted by Crippen LogP contribution is 2.24. The van der Waals surface area contributed by atoms with E-state index in [1.165, 1.54) is 21.3 Å². The van der Waals surface area contributed by atoms with Gasteiger partial charge in [-0.3, -0.25) is 9.10 Å². The lowest BCUT2D eigenvalue weighted by Crippen LogP contribution is -2.53. The number of nitrogens with zero attached hydrogens (tertiary/aromatic N) is 3. The molecule has 0 atom stereocenters. The fourth-order valence-corrected chi connectivity index (χ4v) is 6.84. The number of carbonyl (C=O) groups is 1. The van der Waals surface area contributed by atoms with Gasteiger partial charge in [-0.25, -0.2) is 16.8 Å². The highest BCUT2D eigenvalue weighted by molar-refractivity contribution is 7.92. The van der Waals surface area contributed by atoms with Crippen LogP contribution in [0.15, 0.2) is 88.7 Å². The molecule has 0 N–H and O–H groups in total. The molecule has 0 aromatic heterocycles. The Morgan fingerprint density at radius 1 is 0.722 bits per heavy atom. The van der Waals surface area contributed by atoms with Crippen molar-refractivity contribution in [2.45, 2.75) is 23.6 Å². The maximum atomic E-state index is 13.5. The molecule has 1 amide bonds. The smallest absolute Gasteiger partial charge is 0.264 e. The van der Waals surface area contributed by atoms with Crippen LogP contribution in [-0.2, 0) is 24.8 Å². The van der Waals surface area contributed by atoms with Gasteiger partial charge >= 0.3 is 0 Å². The van der Waals surface area contributed by atoms with Crippen molar-refractivity contribution in [3.05, 3.63) is 90.0 Å². The molecule has 190 valence electrons. The van der Waals surface area contributed by atoms with E-state index in [-0.39, 0.29) is 48.4 Å². The minimum absolute atomic E-state index is 0.0961. The number of rotatable bonds is 7. The molecule has 3 aromatic carbocycles. The molecule has 8 nitrogen and oxygen atoms in total. The van der Waals surface area contributed by atoms with Gasteiger partial charge in [-0.1, -0.05) is 53.6 Å². The summed E-state index contributed by atoms with van der Waals surface area (Å²) in [5.74, 6) is -0.387. The van der Waals surface area contributed by atoms with Gasteiger partial charge in [0.25, 0.3) is 10.0 Å². The third kappa shape index (κ3) is 5.45. The number of benzene rings is 3. The summed E-state index contributed by atoms with van der Waals surface area (Å²) >= 11 is 0. The van der Waals surface area contributed by atoms with Gasteiger partial charge in [0, 0.05) is 26.2 Å². The summed E-state index contributed by atoms with van der Waals surface area (Å²) in [5.41, 5.74) is 2.27. The van der Waals surface area contributed by atoms with Gasteiger partial charge in [0.1, 0.15) is 6.54 Å². The number of carbonyl (C=O) groups excluding carboxylic acids is 1. The van der Waals surface area contributed by atoms with Crippen molar-refractivity contribution in [3.63, 3.8) is 0 Å². The van der Waals surface area contributed by atoms with Crippen molar-refractivity contribution in [2.75, 3.05) is 37.0 Å². The van der Waals surface area contributed by atoms with Gasteiger partial charge in [0.05, 0.1) is 15.5 Å². The predicted molar refractivity (Wildman–Crippen MR) is 139 cm³/mol. The molecule has 0 radical (unpaired) electrons. The molecule has 0 aliphatic carbocycles. The van der Waals surface area contributed by atoms with Crippen molar-refractivity contribution in [3.8, 4) is 0 Å². The maximum Gasteiger partial charge on any atom is 0.264 e. The molecule has 1 aliphatic rings. The molecular weight excluding hydrogens is 498 g/mol. The Morgan fingerprint density at radius 2 is 1.22 bits per heavy atom. The second-order valence-corrected chi connectivity index (χ2v) is 12.6. The highest BCUT2D eigenvalue weighted by atomic mass is 32.2. The van der Waals surface area contributed by atoms with Crippen LogP contribution in [0.25, 0.3) is 0 Å². The van der Waals surface area contributed by atoms with Crippen molar-refractivity contribution < 1.29 is 21.6 Å². The molecule has 1 saturated heterocycles. The lowest BCUT2D eigenvalue weighted by Gasteiger charge is -2.35. The Labute approximate surface area is 212 Å². The van der Waals surface area contributed by atoms with E-state index >= 15 is 0 Å². The summed E-state index contributed by atoms with van der Waals surface area (Å²) in [5, 5.41) is 0. The molecule has 4 rings (SSSR count). The van der Waals surface area contributed by atoms with E-state index < -0.39 is 20.0 Å². The first-order valence-corrected chi connectivity index (χ1v) is 14.5. The summed E-state index contributed by atoms with van der Waals surface area (Å²) in [6.45, 7) is 4.00. The third-order valence-corrected chi connectivity index (χ3v) is 9.88. The number of piperazine rings is 1. The number of hydrogen-bond acceptors (Lipinski definition) is 5. The van der Waals surface area contributed by atoms with E-state index in [1.54, 1.807) is 66.7 Å². The van der Waals surface area contributed by atoms with Gasteiger partial charge in [-0.15, -0.1) is 0 Å². The average molecular weight is 528 g/mol. The van der Waals surface area contributed by atoms with Crippen LogP contribution in [0.1, 0.15) is 11.1 Å². The molecule has 3 aromatic rings. The van der Waals surface area contributed by atoms with Gasteiger partial charge < -0.3 is 4.90 Å². The first-order valence-electron chi connectivity index (χ1n) is 11.6. The summed E-state index contributed by atoms with van der Waals surface area (Å²) in [7, 11) is -7.67. The molecule has 0 bridgehead atoms. The van der Waals surface area contributed by atoms with Crippen molar-refractivity contribution in [1.82, 2.24) is 9.21 Å². The molecular formula is C26H29N3O5S2. The van der Waals surface area contributed by atoms with Crippen LogP contribution in [0.5, 0.6) is 0 Å². The van der Waals surface area contributed by atoms with Crippen LogP contribution in [0, 0.1) is 13.8 Å². The molecule has 0 spiro atoms. The Kier molecular flexibility index (Phi) is 7.49. The Bertz CT molecular complexity index is 1420. The largest absolute Gasteiger partial charge is 0.338 e. The van der Waals surface area contributed by atoms with E-state index in [2.05, 4.69) is 0 Å². The standard InChI is InChI=1S/C26H29N3O5S2/c1-21-8-12-24(13-9-21)35(31,32)28-18-16-27(17-19-28)26(30)20-29(23-6-4-3-5-7-23)36(33,34)25-14-10-22(2)11-15-25/h3-15H,16-20H2,1-2H3. The number of hydrogen-bond donors (Lipinski definition) is 0. The number of anilines is 1. The fraction of sp³-hybridized carbons (Fsp3) is 0.269. The summed E-state index contributed by atoms with van der Waals surface area (Å²) in [6, 6.07) is 21.6. The Hall–Kier alpha value is -3.21. The molecule has 0 saturated carbocycles. The Balaban J connectivity index is 1.50. The average Bonchev–Trinajstić information content (AvgIpc) is 2.88. The molecule has 36 heavy (non-hydrogen) atoms. The SMILES string of the molecule is Cc1ccc(S(=O)(=O)N2CCN(C(=O)CN(c3ccccc3)S(=O)(=O)c3ccc(C)cc3)CC2)cc1. The number of para-hydroxylation sites is 1. The molecule has 0 unspecified atom stereocenters. The molecule has 1 aliphatic heterocycles.